The number of rotatable bonds is 5. The van der Waals surface area contributed by atoms with Gasteiger partial charge in [-0.25, -0.2) is 0 Å². The number of amides is 1. The first-order chi connectivity index (χ1) is 11.3. The normalized spacial score (nSPS) is 16.0. The lowest BCUT2D eigenvalue weighted by atomic mass is 10.1. The van der Waals surface area contributed by atoms with Gasteiger partial charge >= 0.3 is 0 Å². The van der Waals surface area contributed by atoms with E-state index in [1.165, 1.54) is 25.7 Å². The Balaban J connectivity index is 1.48. The molecular weight excluding hydrogens is 292 g/mol. The molecule has 3 rings (SSSR count). The third-order valence-electron chi connectivity index (χ3n) is 4.15. The van der Waals surface area contributed by atoms with Crippen LogP contribution in [-0.2, 0) is 11.2 Å². The average molecular weight is 314 g/mol. The van der Waals surface area contributed by atoms with Gasteiger partial charge in [0.15, 0.2) is 0 Å². The van der Waals surface area contributed by atoms with Crippen LogP contribution < -0.4 is 5.32 Å². The Morgan fingerprint density at radius 1 is 1.22 bits per heavy atom. The lowest BCUT2D eigenvalue weighted by Crippen LogP contribution is -2.34. The molecule has 2 heterocycles. The Hall–Kier alpha value is -2.24. The smallest absolute Gasteiger partial charge is 0.227 e. The third-order valence-corrected chi connectivity index (χ3v) is 4.15. The molecule has 122 valence electrons. The Bertz CT molecular complexity index is 619. The fraction of sp³-hybridized carbons (Fsp3) is 0.529. The van der Waals surface area contributed by atoms with E-state index in [-0.39, 0.29) is 5.91 Å². The Kier molecular flexibility index (Phi) is 5.34. The maximum Gasteiger partial charge on any atom is 0.227 e. The minimum absolute atomic E-state index is 0.0643. The number of nitrogens with one attached hydrogen (secondary N) is 1. The molecule has 1 fully saturated rings. The molecule has 1 N–H and O–H groups in total. The van der Waals surface area contributed by atoms with Gasteiger partial charge in [0, 0.05) is 25.1 Å². The zero-order chi connectivity index (χ0) is 15.9. The van der Waals surface area contributed by atoms with E-state index < -0.39 is 0 Å². The van der Waals surface area contributed by atoms with E-state index in [2.05, 4.69) is 20.4 Å². The first-order valence-corrected chi connectivity index (χ1v) is 8.34. The van der Waals surface area contributed by atoms with Crippen LogP contribution >= 0.6 is 0 Å². The van der Waals surface area contributed by atoms with E-state index in [9.17, 15) is 4.79 Å². The summed E-state index contributed by atoms with van der Waals surface area (Å²) in [7, 11) is 0. The van der Waals surface area contributed by atoms with Crippen molar-refractivity contribution in [3.05, 3.63) is 30.3 Å². The highest BCUT2D eigenvalue weighted by Crippen LogP contribution is 2.17. The summed E-state index contributed by atoms with van der Waals surface area (Å²) in [6.45, 7) is 0. The first kappa shape index (κ1) is 15.6. The van der Waals surface area contributed by atoms with Crippen LogP contribution in [0, 0.1) is 0 Å². The van der Waals surface area contributed by atoms with Gasteiger partial charge in [0.1, 0.15) is 5.69 Å². The summed E-state index contributed by atoms with van der Waals surface area (Å²) in [5.74, 6) is 1.00. The molecular formula is C17H22N4O2. The van der Waals surface area contributed by atoms with Crippen molar-refractivity contribution in [1.29, 1.82) is 0 Å². The van der Waals surface area contributed by atoms with Gasteiger partial charge in [0.05, 0.1) is 0 Å². The van der Waals surface area contributed by atoms with E-state index in [4.69, 9.17) is 4.52 Å². The molecule has 0 saturated heterocycles. The number of hydrogen-bond donors (Lipinski definition) is 1. The number of hydrogen-bond acceptors (Lipinski definition) is 5. The number of carbonyl (C=O) groups excluding carboxylic acids is 1. The third kappa shape index (κ3) is 4.61. The molecule has 23 heavy (non-hydrogen) atoms. The van der Waals surface area contributed by atoms with Crippen LogP contribution in [0.4, 0.5) is 0 Å². The molecule has 0 aliphatic heterocycles. The molecule has 1 aliphatic carbocycles. The predicted molar refractivity (Wildman–Crippen MR) is 85.5 cm³/mol. The van der Waals surface area contributed by atoms with E-state index in [0.717, 1.165) is 12.8 Å². The minimum atomic E-state index is 0.0643. The number of aromatic nitrogens is 3. The van der Waals surface area contributed by atoms with Crippen molar-refractivity contribution in [1.82, 2.24) is 20.4 Å². The molecule has 1 aliphatic rings. The monoisotopic (exact) mass is 314 g/mol. The Labute approximate surface area is 135 Å². The van der Waals surface area contributed by atoms with Crippen molar-refractivity contribution in [3.63, 3.8) is 0 Å². The number of pyridine rings is 1. The van der Waals surface area contributed by atoms with Crippen LogP contribution in [-0.4, -0.2) is 27.1 Å². The van der Waals surface area contributed by atoms with Crippen LogP contribution in [0.1, 0.15) is 50.8 Å². The number of carbonyl (C=O) groups is 1. The maximum absolute atomic E-state index is 12.1. The number of aryl methyl sites for hydroxylation is 1. The van der Waals surface area contributed by atoms with E-state index in [0.29, 0.717) is 36.3 Å². The van der Waals surface area contributed by atoms with Crippen molar-refractivity contribution in [2.24, 2.45) is 0 Å². The van der Waals surface area contributed by atoms with Gasteiger partial charge in [-0.05, 0) is 25.0 Å². The molecule has 6 nitrogen and oxygen atoms in total. The van der Waals surface area contributed by atoms with Crippen LogP contribution in [0.2, 0.25) is 0 Å². The highest BCUT2D eigenvalue weighted by atomic mass is 16.5. The summed E-state index contributed by atoms with van der Waals surface area (Å²) >= 11 is 0. The van der Waals surface area contributed by atoms with Gasteiger partial charge in [-0.2, -0.15) is 4.98 Å². The summed E-state index contributed by atoms with van der Waals surface area (Å²) in [5, 5.41) is 7.04. The van der Waals surface area contributed by atoms with Gasteiger partial charge in [-0.15, -0.1) is 0 Å². The van der Waals surface area contributed by atoms with Crippen molar-refractivity contribution < 1.29 is 9.32 Å². The topological polar surface area (TPSA) is 80.9 Å². The van der Waals surface area contributed by atoms with Crippen molar-refractivity contribution >= 4 is 5.91 Å². The number of nitrogens with zero attached hydrogens (tertiary/aromatic N) is 3. The van der Waals surface area contributed by atoms with Crippen LogP contribution in [0.15, 0.2) is 28.9 Å². The summed E-state index contributed by atoms with van der Waals surface area (Å²) in [6.07, 6.45) is 9.69. The summed E-state index contributed by atoms with van der Waals surface area (Å²) in [5.41, 5.74) is 0.672. The molecule has 2 aromatic heterocycles. The largest absolute Gasteiger partial charge is 0.353 e. The van der Waals surface area contributed by atoms with Crippen LogP contribution in [0.3, 0.4) is 0 Å². The van der Waals surface area contributed by atoms with Gasteiger partial charge in [-0.1, -0.05) is 36.9 Å². The standard InChI is InChI=1S/C17H22N4O2/c22-15(19-13-7-3-1-2-4-8-13)10-11-16-20-17(21-23-16)14-9-5-6-12-18-14/h5-6,9,12-13H,1-4,7-8,10-11H2,(H,19,22). The second-order valence-corrected chi connectivity index (χ2v) is 5.98. The Morgan fingerprint density at radius 2 is 2.04 bits per heavy atom. The van der Waals surface area contributed by atoms with Crippen LogP contribution in [0.25, 0.3) is 11.5 Å². The highest BCUT2D eigenvalue weighted by Gasteiger charge is 2.16. The SMILES string of the molecule is O=C(CCc1nc(-c2ccccn2)no1)NC1CCCCCC1. The summed E-state index contributed by atoms with van der Waals surface area (Å²) < 4.78 is 5.20. The Morgan fingerprint density at radius 3 is 2.78 bits per heavy atom. The van der Waals surface area contributed by atoms with Crippen LogP contribution in [0.5, 0.6) is 0 Å². The van der Waals surface area contributed by atoms with E-state index in [1.54, 1.807) is 6.20 Å². The fourth-order valence-electron chi connectivity index (χ4n) is 2.90. The summed E-state index contributed by atoms with van der Waals surface area (Å²) in [6, 6.07) is 5.87. The summed E-state index contributed by atoms with van der Waals surface area (Å²) in [4.78, 5) is 20.5. The predicted octanol–water partition coefficient (Wildman–Crippen LogP) is 2.90. The molecule has 0 atom stereocenters. The zero-order valence-corrected chi connectivity index (χ0v) is 13.2. The van der Waals surface area contributed by atoms with E-state index >= 15 is 0 Å². The lowest BCUT2D eigenvalue weighted by Gasteiger charge is -2.15. The molecule has 0 unspecified atom stereocenters. The molecule has 0 aromatic carbocycles. The van der Waals surface area contributed by atoms with Gasteiger partial charge in [0.2, 0.25) is 17.6 Å². The van der Waals surface area contributed by atoms with Crippen molar-refractivity contribution in [2.45, 2.75) is 57.4 Å². The van der Waals surface area contributed by atoms with Gasteiger partial charge in [0.25, 0.3) is 0 Å². The first-order valence-electron chi connectivity index (χ1n) is 8.34. The highest BCUT2D eigenvalue weighted by molar-refractivity contribution is 5.76. The quantitative estimate of drug-likeness (QED) is 0.858. The van der Waals surface area contributed by atoms with Gasteiger partial charge < -0.3 is 9.84 Å². The van der Waals surface area contributed by atoms with Crippen molar-refractivity contribution in [2.75, 3.05) is 0 Å². The molecule has 0 radical (unpaired) electrons. The lowest BCUT2D eigenvalue weighted by molar-refractivity contribution is -0.121. The average Bonchev–Trinajstić information content (AvgIpc) is 2.91. The molecule has 1 saturated carbocycles. The maximum atomic E-state index is 12.1. The molecule has 0 bridgehead atoms. The molecule has 1 amide bonds. The van der Waals surface area contributed by atoms with Gasteiger partial charge in [-0.3, -0.25) is 9.78 Å². The van der Waals surface area contributed by atoms with E-state index in [1.807, 2.05) is 18.2 Å². The minimum Gasteiger partial charge on any atom is -0.353 e. The fourth-order valence-corrected chi connectivity index (χ4v) is 2.90. The van der Waals surface area contributed by atoms with Crippen molar-refractivity contribution in [3.8, 4) is 11.5 Å². The molecule has 0 spiro atoms. The molecule has 2 aromatic rings. The molecule has 6 heteroatoms. The zero-order valence-electron chi connectivity index (χ0n) is 13.2. The second-order valence-electron chi connectivity index (χ2n) is 5.98. The second kappa shape index (κ2) is 7.85.